The molecule has 0 spiro atoms. The molecule has 0 aromatic carbocycles. The summed E-state index contributed by atoms with van der Waals surface area (Å²) < 4.78 is 52.5. The Morgan fingerprint density at radius 1 is 1.30 bits per heavy atom. The number of nitrogens with one attached hydrogen (secondary N) is 1. The summed E-state index contributed by atoms with van der Waals surface area (Å²) in [7, 11) is -17.0. The first-order valence-electron chi connectivity index (χ1n) is 8.37. The van der Waals surface area contributed by atoms with Gasteiger partial charge in [0.1, 0.15) is 6.33 Å². The number of ether oxygens (including phenoxy) is 1. The van der Waals surface area contributed by atoms with Crippen molar-refractivity contribution in [2.75, 3.05) is 6.61 Å². The first-order valence-corrected chi connectivity index (χ1v) is 13.3. The third-order valence-electron chi connectivity index (χ3n) is 4.18. The molecule has 1 aromatic heterocycles. The molecule has 2 heterocycles. The highest BCUT2D eigenvalue weighted by atomic mass is 35.5. The van der Waals surface area contributed by atoms with E-state index in [-0.39, 0.29) is 0 Å². The molecule has 186 valence electrons. The van der Waals surface area contributed by atoms with Gasteiger partial charge in [0, 0.05) is 5.92 Å². The van der Waals surface area contributed by atoms with Crippen LogP contribution in [0.15, 0.2) is 15.9 Å². The SMILES string of the molecule is C#CC1(Cl)C(CO)[C@@H]([C@@H](C)OP(=O)(O)OP(=O)(O)OP(=O)(O)O)O[C@H]1n1cnc(=O)[nH]c1=O. The summed E-state index contributed by atoms with van der Waals surface area (Å²) in [5, 5.41) is 9.81. The molecule has 6 N–H and O–H groups in total. The van der Waals surface area contributed by atoms with Gasteiger partial charge in [0.05, 0.1) is 18.8 Å². The molecule has 1 aliphatic rings. The molecule has 1 aromatic rings. The summed E-state index contributed by atoms with van der Waals surface area (Å²) >= 11 is 6.41. The Labute approximate surface area is 188 Å². The second-order valence-corrected chi connectivity index (χ2v) is 11.4. The number of phosphoric acid groups is 3. The van der Waals surface area contributed by atoms with Crippen molar-refractivity contribution in [3.8, 4) is 12.3 Å². The maximum Gasteiger partial charge on any atom is 0.490 e. The van der Waals surface area contributed by atoms with Crippen molar-refractivity contribution in [2.24, 2.45) is 5.92 Å². The summed E-state index contributed by atoms with van der Waals surface area (Å²) in [5.41, 5.74) is -2.04. The summed E-state index contributed by atoms with van der Waals surface area (Å²) in [4.78, 5) is 62.6. The van der Waals surface area contributed by atoms with Crippen LogP contribution in [-0.2, 0) is 31.6 Å². The van der Waals surface area contributed by atoms with Crippen LogP contribution < -0.4 is 11.4 Å². The van der Waals surface area contributed by atoms with Crippen LogP contribution in [0.25, 0.3) is 0 Å². The lowest BCUT2D eigenvalue weighted by molar-refractivity contribution is -0.0670. The molecule has 1 saturated heterocycles. The Bertz CT molecular complexity index is 1190. The molecule has 4 unspecified atom stereocenters. The van der Waals surface area contributed by atoms with Crippen LogP contribution >= 0.6 is 35.1 Å². The van der Waals surface area contributed by atoms with Crippen molar-refractivity contribution in [1.82, 2.24) is 14.5 Å². The number of phosphoric ester groups is 1. The normalized spacial score (nSPS) is 30.2. The van der Waals surface area contributed by atoms with Crippen LogP contribution in [0, 0.1) is 18.3 Å². The second kappa shape index (κ2) is 9.80. The smallest absolute Gasteiger partial charge is 0.396 e. The minimum Gasteiger partial charge on any atom is -0.396 e. The molecule has 21 heteroatoms. The highest BCUT2D eigenvalue weighted by Gasteiger charge is 2.58. The van der Waals surface area contributed by atoms with Crippen molar-refractivity contribution >= 4 is 35.1 Å². The van der Waals surface area contributed by atoms with Crippen LogP contribution in [0.3, 0.4) is 0 Å². The quantitative estimate of drug-likeness (QED) is 0.118. The van der Waals surface area contributed by atoms with Gasteiger partial charge in [0.2, 0.25) is 0 Å². The number of alkyl halides is 1. The number of halogens is 1. The molecular formula is C12H17ClN3O14P3. The molecule has 0 aliphatic carbocycles. The fourth-order valence-corrected chi connectivity index (χ4v) is 6.53. The molecule has 17 nitrogen and oxygen atoms in total. The van der Waals surface area contributed by atoms with E-state index in [1.165, 1.54) is 0 Å². The summed E-state index contributed by atoms with van der Waals surface area (Å²) in [6.07, 6.45) is 1.54. The maximum atomic E-state index is 12.1. The van der Waals surface area contributed by atoms with Crippen molar-refractivity contribution < 1.29 is 56.3 Å². The van der Waals surface area contributed by atoms with Gasteiger partial charge in [0.25, 0.3) is 0 Å². The van der Waals surface area contributed by atoms with Crippen LogP contribution in [0.4, 0.5) is 0 Å². The Morgan fingerprint density at radius 2 is 1.91 bits per heavy atom. The van der Waals surface area contributed by atoms with Crippen LogP contribution in [-0.4, -0.2) is 62.9 Å². The molecule has 1 fully saturated rings. The van der Waals surface area contributed by atoms with Gasteiger partial charge in [-0.05, 0) is 6.92 Å². The van der Waals surface area contributed by atoms with Crippen LogP contribution in [0.5, 0.6) is 0 Å². The molecule has 7 atom stereocenters. The number of aliphatic hydroxyl groups excluding tert-OH is 1. The molecule has 33 heavy (non-hydrogen) atoms. The van der Waals surface area contributed by atoms with Gasteiger partial charge >= 0.3 is 34.8 Å². The topological polar surface area (TPSA) is 257 Å². The number of aromatic nitrogens is 3. The van der Waals surface area contributed by atoms with Gasteiger partial charge in [-0.25, -0.2) is 23.3 Å². The number of terminal acetylenes is 1. The summed E-state index contributed by atoms with van der Waals surface area (Å²) in [5.74, 6) is 0.839. The van der Waals surface area contributed by atoms with E-state index in [1.54, 1.807) is 0 Å². The minimum absolute atomic E-state index is 0.689. The molecule has 0 radical (unpaired) electrons. The summed E-state index contributed by atoms with van der Waals surface area (Å²) in [6.45, 7) is 0.250. The van der Waals surface area contributed by atoms with Gasteiger partial charge in [-0.2, -0.15) is 13.6 Å². The molecule has 0 bridgehead atoms. The summed E-state index contributed by atoms with van der Waals surface area (Å²) in [6, 6.07) is 0. The monoisotopic (exact) mass is 555 g/mol. The standard InChI is InChI=1S/C12H17ClN3O14P3/c1-3-12(13)7(4-17)8(27-9(12)16-5-14-10(18)15-11(16)19)6(2)28-32(23,24)30-33(25,26)29-31(20,21)22/h1,5-9,17H,4H2,2H3,(H,23,24)(H,25,26)(H,15,18,19)(H2,20,21,22)/t6-,7?,8-,9-,12?/m1/s1. The second-order valence-electron chi connectivity index (χ2n) is 6.44. The van der Waals surface area contributed by atoms with E-state index in [0.717, 1.165) is 13.3 Å². The molecule has 2 rings (SSSR count). The highest BCUT2D eigenvalue weighted by Crippen LogP contribution is 2.67. The Kier molecular flexibility index (Phi) is 8.33. The number of aromatic amines is 1. The lowest BCUT2D eigenvalue weighted by Crippen LogP contribution is -2.43. The van der Waals surface area contributed by atoms with Crippen molar-refractivity contribution in [2.45, 2.75) is 30.2 Å². The van der Waals surface area contributed by atoms with E-state index in [4.69, 9.17) is 32.5 Å². The largest absolute Gasteiger partial charge is 0.490 e. The zero-order valence-corrected chi connectivity index (χ0v) is 19.6. The molecule has 0 amide bonds. The predicted octanol–water partition coefficient (Wildman–Crippen LogP) is -1.22. The Balaban J connectivity index is 2.33. The first kappa shape index (κ1) is 28.0. The van der Waals surface area contributed by atoms with E-state index in [0.29, 0.717) is 4.57 Å². The zero-order chi connectivity index (χ0) is 25.4. The first-order chi connectivity index (χ1) is 14.9. The number of aliphatic hydroxyl groups is 1. The van der Waals surface area contributed by atoms with Gasteiger partial charge in [0.15, 0.2) is 11.1 Å². The average Bonchev–Trinajstić information content (AvgIpc) is 2.91. The highest BCUT2D eigenvalue weighted by molar-refractivity contribution is 7.66. The number of H-pyrrole nitrogens is 1. The van der Waals surface area contributed by atoms with Crippen molar-refractivity contribution in [3.05, 3.63) is 27.3 Å². The zero-order valence-electron chi connectivity index (χ0n) is 16.2. The van der Waals surface area contributed by atoms with E-state index in [1.807, 2.05) is 4.98 Å². The van der Waals surface area contributed by atoms with Gasteiger partial charge in [-0.3, -0.25) is 14.1 Å². The fourth-order valence-electron chi connectivity index (χ4n) is 2.98. The lowest BCUT2D eigenvalue weighted by atomic mass is 9.87. The number of rotatable bonds is 9. The fraction of sp³-hybridized carbons (Fsp3) is 0.583. The van der Waals surface area contributed by atoms with Gasteiger partial charge in [-0.15, -0.1) is 6.42 Å². The maximum absolute atomic E-state index is 12.1. The van der Waals surface area contributed by atoms with E-state index in [9.17, 15) is 38.2 Å². The van der Waals surface area contributed by atoms with Crippen molar-refractivity contribution in [3.63, 3.8) is 0 Å². The van der Waals surface area contributed by atoms with Gasteiger partial charge < -0.3 is 29.4 Å². The predicted molar refractivity (Wildman–Crippen MR) is 105 cm³/mol. The third-order valence-corrected chi connectivity index (χ3v) is 8.68. The number of hydrogen-bond donors (Lipinski definition) is 6. The third kappa shape index (κ3) is 6.68. The van der Waals surface area contributed by atoms with E-state index < -0.39 is 70.7 Å². The Morgan fingerprint density at radius 3 is 2.39 bits per heavy atom. The molecule has 1 aliphatic heterocycles. The van der Waals surface area contributed by atoms with Gasteiger partial charge in [-0.1, -0.05) is 17.5 Å². The number of nitrogens with zero attached hydrogens (tertiary/aromatic N) is 2. The lowest BCUT2D eigenvalue weighted by Gasteiger charge is -2.28. The minimum atomic E-state index is -5.79. The van der Waals surface area contributed by atoms with Crippen LogP contribution in [0.1, 0.15) is 13.2 Å². The van der Waals surface area contributed by atoms with Crippen molar-refractivity contribution in [1.29, 1.82) is 0 Å². The molecule has 0 saturated carbocycles. The Hall–Kier alpha value is -1.21. The van der Waals surface area contributed by atoms with E-state index in [2.05, 4.69) is 24.0 Å². The van der Waals surface area contributed by atoms with Crippen LogP contribution in [0.2, 0.25) is 0 Å². The van der Waals surface area contributed by atoms with E-state index >= 15 is 0 Å². The number of hydrogen-bond acceptors (Lipinski definition) is 11. The average molecular weight is 556 g/mol. The molecular weight excluding hydrogens is 539 g/mol.